The molecule has 0 radical (unpaired) electrons. The van der Waals surface area contributed by atoms with Crippen LogP contribution in [0.25, 0.3) is 0 Å². The zero-order valence-electron chi connectivity index (χ0n) is 13.0. The van der Waals surface area contributed by atoms with Crippen molar-refractivity contribution in [3.8, 4) is 0 Å². The van der Waals surface area contributed by atoms with Gasteiger partial charge in [0.2, 0.25) is 0 Å². The highest BCUT2D eigenvalue weighted by Crippen LogP contribution is 2.44. The van der Waals surface area contributed by atoms with Crippen molar-refractivity contribution >= 4 is 44.5 Å². The number of carbonyl (C=O) groups excluding carboxylic acids is 1. The molecule has 124 valence electrons. The summed E-state index contributed by atoms with van der Waals surface area (Å²) in [7, 11) is 0. The third kappa shape index (κ3) is 3.71. The Hall–Kier alpha value is -0.690. The molecule has 0 spiro atoms. The molecule has 2 N–H and O–H groups in total. The lowest BCUT2D eigenvalue weighted by Crippen LogP contribution is -2.38. The van der Waals surface area contributed by atoms with Gasteiger partial charge < -0.3 is 10.4 Å². The summed E-state index contributed by atoms with van der Waals surface area (Å²) in [5.41, 5.74) is 0.0297. The standard InChI is InChI=1S/C17H20BrNO2S2/c1-11(20)13-4-5-15(23-13)17(6-2-3-7-17)10-19-16(21)14-8-12(18)9-22-14/h4-5,8-9,11,20H,2-3,6-7,10H2,1H3,(H,19,21)/t11-/m1/s1. The first-order chi connectivity index (χ1) is 11.0. The Balaban J connectivity index is 1.74. The molecule has 0 bridgehead atoms. The molecule has 1 atom stereocenters. The van der Waals surface area contributed by atoms with Crippen molar-refractivity contribution in [3.63, 3.8) is 0 Å². The molecule has 2 heterocycles. The lowest BCUT2D eigenvalue weighted by Gasteiger charge is -2.28. The number of rotatable bonds is 5. The second kappa shape index (κ2) is 7.05. The Morgan fingerprint density at radius 1 is 1.43 bits per heavy atom. The maximum atomic E-state index is 12.3. The number of amides is 1. The van der Waals surface area contributed by atoms with E-state index >= 15 is 0 Å². The van der Waals surface area contributed by atoms with Gasteiger partial charge in [-0.25, -0.2) is 0 Å². The normalized spacial score (nSPS) is 18.0. The molecule has 1 fully saturated rings. The highest BCUT2D eigenvalue weighted by Gasteiger charge is 2.37. The van der Waals surface area contributed by atoms with Gasteiger partial charge >= 0.3 is 0 Å². The Bertz CT molecular complexity index is 686. The largest absolute Gasteiger partial charge is 0.388 e. The number of aliphatic hydroxyl groups excluding tert-OH is 1. The molecule has 3 rings (SSSR count). The zero-order chi connectivity index (χ0) is 16.4. The lowest BCUT2D eigenvalue weighted by molar-refractivity contribution is 0.0947. The molecule has 0 saturated heterocycles. The van der Waals surface area contributed by atoms with Crippen LogP contribution < -0.4 is 5.32 Å². The minimum absolute atomic E-state index is 0.000666. The minimum atomic E-state index is -0.426. The summed E-state index contributed by atoms with van der Waals surface area (Å²) in [5, 5.41) is 14.8. The molecule has 0 aromatic carbocycles. The molecule has 0 unspecified atom stereocenters. The summed E-state index contributed by atoms with van der Waals surface area (Å²) in [6.45, 7) is 2.47. The third-order valence-corrected chi connectivity index (χ3v) is 7.69. The molecule has 23 heavy (non-hydrogen) atoms. The Kier molecular flexibility index (Phi) is 5.26. The van der Waals surface area contributed by atoms with Crippen LogP contribution in [0.15, 0.2) is 28.1 Å². The van der Waals surface area contributed by atoms with Crippen molar-refractivity contribution in [2.24, 2.45) is 0 Å². The predicted molar refractivity (Wildman–Crippen MR) is 99.5 cm³/mol. The summed E-state index contributed by atoms with van der Waals surface area (Å²) in [5.74, 6) is -0.000666. The number of hydrogen-bond acceptors (Lipinski definition) is 4. The van der Waals surface area contributed by atoms with Crippen LogP contribution in [0.1, 0.15) is 58.1 Å². The van der Waals surface area contributed by atoms with Crippen molar-refractivity contribution < 1.29 is 9.90 Å². The van der Waals surface area contributed by atoms with Gasteiger partial charge in [-0.15, -0.1) is 22.7 Å². The quantitative estimate of drug-likeness (QED) is 0.734. The SMILES string of the molecule is C[C@@H](O)c1ccc(C2(CNC(=O)c3cc(Br)cs3)CCCC2)s1. The molecular weight excluding hydrogens is 394 g/mol. The number of aliphatic hydroxyl groups is 1. The van der Waals surface area contributed by atoms with Crippen LogP contribution in [0.3, 0.4) is 0 Å². The molecular formula is C17H20BrNO2S2. The van der Waals surface area contributed by atoms with Crippen LogP contribution in [0.4, 0.5) is 0 Å². The number of carbonyl (C=O) groups is 1. The Morgan fingerprint density at radius 2 is 2.17 bits per heavy atom. The summed E-state index contributed by atoms with van der Waals surface area (Å²) >= 11 is 6.53. The second-order valence-electron chi connectivity index (χ2n) is 6.18. The number of hydrogen-bond donors (Lipinski definition) is 2. The van der Waals surface area contributed by atoms with Gasteiger partial charge in [0.1, 0.15) is 0 Å². The number of nitrogens with one attached hydrogen (secondary N) is 1. The maximum Gasteiger partial charge on any atom is 0.261 e. The molecule has 0 aliphatic heterocycles. The van der Waals surface area contributed by atoms with Gasteiger partial charge in [-0.1, -0.05) is 12.8 Å². The minimum Gasteiger partial charge on any atom is -0.388 e. The van der Waals surface area contributed by atoms with Crippen LogP contribution in [-0.2, 0) is 5.41 Å². The van der Waals surface area contributed by atoms with Crippen LogP contribution >= 0.6 is 38.6 Å². The van der Waals surface area contributed by atoms with Gasteiger partial charge in [0.15, 0.2) is 0 Å². The first-order valence-corrected chi connectivity index (χ1v) is 10.3. The van der Waals surface area contributed by atoms with Gasteiger partial charge in [-0.2, -0.15) is 0 Å². The first kappa shape index (κ1) is 17.1. The van der Waals surface area contributed by atoms with Gasteiger partial charge in [0.25, 0.3) is 5.91 Å². The summed E-state index contributed by atoms with van der Waals surface area (Å²) in [6.07, 6.45) is 4.16. The molecule has 1 aliphatic rings. The van der Waals surface area contributed by atoms with E-state index in [1.165, 1.54) is 29.1 Å². The van der Waals surface area contributed by atoms with Gasteiger partial charge in [0, 0.05) is 31.6 Å². The number of halogens is 1. The average Bonchev–Trinajstić information content (AvgIpc) is 3.25. The first-order valence-electron chi connectivity index (χ1n) is 7.81. The molecule has 2 aromatic heterocycles. The highest BCUT2D eigenvalue weighted by atomic mass is 79.9. The van der Waals surface area contributed by atoms with Crippen LogP contribution in [0.5, 0.6) is 0 Å². The van der Waals surface area contributed by atoms with E-state index in [1.807, 2.05) is 17.5 Å². The molecule has 1 aliphatic carbocycles. The fourth-order valence-corrected chi connectivity index (χ4v) is 5.73. The van der Waals surface area contributed by atoms with E-state index in [-0.39, 0.29) is 11.3 Å². The zero-order valence-corrected chi connectivity index (χ0v) is 16.2. The predicted octanol–water partition coefficient (Wildman–Crippen LogP) is 4.87. The second-order valence-corrected chi connectivity index (χ2v) is 9.12. The lowest BCUT2D eigenvalue weighted by atomic mass is 9.84. The Morgan fingerprint density at radius 3 is 2.74 bits per heavy atom. The third-order valence-electron chi connectivity index (χ3n) is 4.50. The van der Waals surface area contributed by atoms with Crippen molar-refractivity contribution in [1.29, 1.82) is 0 Å². The monoisotopic (exact) mass is 413 g/mol. The topological polar surface area (TPSA) is 49.3 Å². The molecule has 3 nitrogen and oxygen atoms in total. The fourth-order valence-electron chi connectivity index (χ4n) is 3.19. The molecule has 6 heteroatoms. The van der Waals surface area contributed by atoms with E-state index in [0.29, 0.717) is 6.54 Å². The van der Waals surface area contributed by atoms with Crippen molar-refractivity contribution in [3.05, 3.63) is 42.7 Å². The van der Waals surface area contributed by atoms with Crippen molar-refractivity contribution in [2.45, 2.75) is 44.1 Å². The van der Waals surface area contributed by atoms with E-state index in [1.54, 1.807) is 18.3 Å². The van der Waals surface area contributed by atoms with E-state index in [0.717, 1.165) is 27.1 Å². The van der Waals surface area contributed by atoms with E-state index in [9.17, 15) is 9.90 Å². The maximum absolute atomic E-state index is 12.3. The molecule has 1 amide bonds. The van der Waals surface area contributed by atoms with Crippen LogP contribution in [-0.4, -0.2) is 17.6 Å². The highest BCUT2D eigenvalue weighted by molar-refractivity contribution is 9.10. The fraction of sp³-hybridized carbons (Fsp3) is 0.471. The Labute approximate surface area is 152 Å². The van der Waals surface area contributed by atoms with Gasteiger partial charge in [-0.3, -0.25) is 4.79 Å². The molecule has 2 aromatic rings. The van der Waals surface area contributed by atoms with Crippen molar-refractivity contribution in [2.75, 3.05) is 6.54 Å². The molecule has 1 saturated carbocycles. The summed E-state index contributed by atoms with van der Waals surface area (Å²) < 4.78 is 0.947. The van der Waals surface area contributed by atoms with Gasteiger partial charge in [0.05, 0.1) is 11.0 Å². The van der Waals surface area contributed by atoms with Crippen LogP contribution in [0.2, 0.25) is 0 Å². The van der Waals surface area contributed by atoms with E-state index < -0.39 is 6.10 Å². The average molecular weight is 414 g/mol. The van der Waals surface area contributed by atoms with E-state index in [4.69, 9.17) is 0 Å². The van der Waals surface area contributed by atoms with E-state index in [2.05, 4.69) is 27.3 Å². The summed E-state index contributed by atoms with van der Waals surface area (Å²) in [4.78, 5) is 15.4. The summed E-state index contributed by atoms with van der Waals surface area (Å²) in [6, 6.07) is 6.01. The van der Waals surface area contributed by atoms with Crippen molar-refractivity contribution in [1.82, 2.24) is 5.32 Å². The smallest absolute Gasteiger partial charge is 0.261 e. The van der Waals surface area contributed by atoms with Gasteiger partial charge in [-0.05, 0) is 53.9 Å². The number of thiophene rings is 2. The van der Waals surface area contributed by atoms with Crippen LogP contribution in [0, 0.1) is 0 Å².